The lowest BCUT2D eigenvalue weighted by molar-refractivity contribution is -0.138. The third kappa shape index (κ3) is 5.36. The summed E-state index contributed by atoms with van der Waals surface area (Å²) in [7, 11) is 1.06. The number of aryl methyl sites for hydroxylation is 2. The van der Waals surface area contributed by atoms with Crippen LogP contribution in [-0.4, -0.2) is 13.2 Å². The SMILES string of the molecule is CCc1cc(C(F)F)c(OCc2c(NC(=O)OC)cccc2C(F)(F)F)cc1C. The lowest BCUT2D eigenvalue weighted by Crippen LogP contribution is -2.17. The van der Waals surface area contributed by atoms with Gasteiger partial charge in [-0.3, -0.25) is 5.32 Å². The summed E-state index contributed by atoms with van der Waals surface area (Å²) in [5.41, 5.74) is -0.665. The molecule has 0 bridgehead atoms. The van der Waals surface area contributed by atoms with Gasteiger partial charge < -0.3 is 9.47 Å². The summed E-state index contributed by atoms with van der Waals surface area (Å²) in [6.07, 6.45) is -8.04. The first-order valence-electron chi connectivity index (χ1n) is 8.66. The molecule has 0 saturated heterocycles. The van der Waals surface area contributed by atoms with Gasteiger partial charge in [0.1, 0.15) is 12.4 Å². The zero-order valence-corrected chi connectivity index (χ0v) is 16.0. The van der Waals surface area contributed by atoms with E-state index in [4.69, 9.17) is 4.74 Å². The van der Waals surface area contributed by atoms with E-state index in [1.807, 2.05) is 6.92 Å². The van der Waals surface area contributed by atoms with Crippen molar-refractivity contribution in [3.63, 3.8) is 0 Å². The van der Waals surface area contributed by atoms with Crippen LogP contribution in [0.4, 0.5) is 32.4 Å². The highest BCUT2D eigenvalue weighted by molar-refractivity contribution is 5.85. The van der Waals surface area contributed by atoms with Crippen molar-refractivity contribution in [3.05, 3.63) is 58.1 Å². The summed E-state index contributed by atoms with van der Waals surface area (Å²) in [4.78, 5) is 11.5. The second-order valence-corrected chi connectivity index (χ2v) is 6.21. The van der Waals surface area contributed by atoms with Crippen molar-refractivity contribution in [2.45, 2.75) is 39.5 Å². The second kappa shape index (κ2) is 9.11. The first kappa shape index (κ1) is 22.4. The summed E-state index contributed by atoms with van der Waals surface area (Å²) in [5, 5.41) is 2.19. The van der Waals surface area contributed by atoms with Gasteiger partial charge in [-0.2, -0.15) is 13.2 Å². The minimum absolute atomic E-state index is 0.188. The number of carbonyl (C=O) groups excluding carboxylic acids is 1. The smallest absolute Gasteiger partial charge is 0.416 e. The van der Waals surface area contributed by atoms with Crippen LogP contribution in [-0.2, 0) is 23.9 Å². The van der Waals surface area contributed by atoms with Crippen molar-refractivity contribution in [1.29, 1.82) is 0 Å². The molecule has 0 radical (unpaired) electrons. The van der Waals surface area contributed by atoms with E-state index < -0.39 is 42.0 Å². The Balaban J connectivity index is 2.46. The average Bonchev–Trinajstić information content (AvgIpc) is 2.65. The van der Waals surface area contributed by atoms with Gasteiger partial charge in [-0.1, -0.05) is 13.0 Å². The number of anilines is 1. The number of alkyl halides is 5. The molecule has 2 aromatic rings. The van der Waals surface area contributed by atoms with Crippen LogP contribution in [0.5, 0.6) is 5.75 Å². The fourth-order valence-corrected chi connectivity index (χ4v) is 2.86. The van der Waals surface area contributed by atoms with Crippen molar-refractivity contribution in [1.82, 2.24) is 0 Å². The monoisotopic (exact) mass is 417 g/mol. The third-order valence-corrected chi connectivity index (χ3v) is 4.36. The quantitative estimate of drug-likeness (QED) is 0.564. The Bertz CT molecular complexity index is 881. The van der Waals surface area contributed by atoms with E-state index >= 15 is 0 Å². The predicted molar refractivity (Wildman–Crippen MR) is 97.3 cm³/mol. The molecule has 0 aliphatic heterocycles. The highest BCUT2D eigenvalue weighted by atomic mass is 19.4. The highest BCUT2D eigenvalue weighted by Gasteiger charge is 2.35. The van der Waals surface area contributed by atoms with Crippen LogP contribution >= 0.6 is 0 Å². The number of benzene rings is 2. The predicted octanol–water partition coefficient (Wildman–Crippen LogP) is 6.27. The van der Waals surface area contributed by atoms with Gasteiger partial charge in [0.05, 0.1) is 23.9 Å². The molecule has 0 atom stereocenters. The Hall–Kier alpha value is -2.84. The van der Waals surface area contributed by atoms with E-state index in [0.717, 1.165) is 19.2 Å². The van der Waals surface area contributed by atoms with Crippen LogP contribution in [0.15, 0.2) is 30.3 Å². The lowest BCUT2D eigenvalue weighted by atomic mass is 10.0. The lowest BCUT2D eigenvalue weighted by Gasteiger charge is -2.19. The molecular weight excluding hydrogens is 397 g/mol. The highest BCUT2D eigenvalue weighted by Crippen LogP contribution is 2.37. The van der Waals surface area contributed by atoms with Gasteiger partial charge in [-0.05, 0) is 48.7 Å². The molecule has 1 amide bonds. The largest absolute Gasteiger partial charge is 0.488 e. The number of halogens is 5. The summed E-state index contributed by atoms with van der Waals surface area (Å²) < 4.78 is 76.9. The fourth-order valence-electron chi connectivity index (χ4n) is 2.86. The molecule has 158 valence electrons. The molecule has 0 saturated carbocycles. The Labute approximate surface area is 164 Å². The van der Waals surface area contributed by atoms with Gasteiger partial charge in [0.2, 0.25) is 0 Å². The average molecular weight is 417 g/mol. The molecule has 0 aromatic heterocycles. The van der Waals surface area contributed by atoms with E-state index in [-0.39, 0.29) is 11.4 Å². The molecule has 0 spiro atoms. The van der Waals surface area contributed by atoms with Crippen LogP contribution in [0.1, 0.15) is 41.2 Å². The maximum Gasteiger partial charge on any atom is 0.416 e. The number of carbonyl (C=O) groups is 1. The maximum atomic E-state index is 13.4. The van der Waals surface area contributed by atoms with Gasteiger partial charge in [0.15, 0.2) is 0 Å². The fraction of sp³-hybridized carbons (Fsp3) is 0.350. The van der Waals surface area contributed by atoms with Crippen LogP contribution in [0.25, 0.3) is 0 Å². The van der Waals surface area contributed by atoms with Crippen molar-refractivity contribution in [2.75, 3.05) is 12.4 Å². The molecule has 29 heavy (non-hydrogen) atoms. The molecule has 9 heteroatoms. The number of ether oxygens (including phenoxy) is 2. The van der Waals surface area contributed by atoms with Gasteiger partial charge in [0.25, 0.3) is 6.43 Å². The Kier molecular flexibility index (Phi) is 7.05. The molecule has 0 aliphatic carbocycles. The Morgan fingerprint density at radius 3 is 2.45 bits per heavy atom. The molecular formula is C20H20F5NO3. The van der Waals surface area contributed by atoms with Crippen molar-refractivity contribution in [3.8, 4) is 5.75 Å². The zero-order chi connectivity index (χ0) is 21.8. The van der Waals surface area contributed by atoms with Crippen molar-refractivity contribution >= 4 is 11.8 Å². The van der Waals surface area contributed by atoms with Crippen LogP contribution in [0.3, 0.4) is 0 Å². The normalized spacial score (nSPS) is 11.5. The molecule has 2 rings (SSSR count). The zero-order valence-electron chi connectivity index (χ0n) is 16.0. The van der Waals surface area contributed by atoms with Gasteiger partial charge in [-0.15, -0.1) is 0 Å². The van der Waals surface area contributed by atoms with Gasteiger partial charge in [-0.25, -0.2) is 13.6 Å². The Morgan fingerprint density at radius 1 is 1.21 bits per heavy atom. The number of nitrogens with one attached hydrogen (secondary N) is 1. The summed E-state index contributed by atoms with van der Waals surface area (Å²) in [5.74, 6) is -0.212. The molecule has 0 fully saturated rings. The number of methoxy groups -OCH3 is 1. The van der Waals surface area contributed by atoms with Gasteiger partial charge >= 0.3 is 12.3 Å². The van der Waals surface area contributed by atoms with Crippen molar-refractivity contribution in [2.24, 2.45) is 0 Å². The van der Waals surface area contributed by atoms with E-state index in [1.165, 1.54) is 18.2 Å². The summed E-state index contributed by atoms with van der Waals surface area (Å²) >= 11 is 0. The number of hydrogen-bond donors (Lipinski definition) is 1. The molecule has 0 heterocycles. The van der Waals surface area contributed by atoms with Crippen LogP contribution < -0.4 is 10.1 Å². The first-order valence-corrected chi connectivity index (χ1v) is 8.66. The van der Waals surface area contributed by atoms with E-state index in [9.17, 15) is 26.7 Å². The molecule has 0 aliphatic rings. The topological polar surface area (TPSA) is 47.6 Å². The van der Waals surface area contributed by atoms with E-state index in [1.54, 1.807) is 6.92 Å². The maximum absolute atomic E-state index is 13.4. The number of amides is 1. The molecule has 1 N–H and O–H groups in total. The molecule has 2 aromatic carbocycles. The summed E-state index contributed by atoms with van der Waals surface area (Å²) in [6, 6.07) is 5.84. The minimum atomic E-state index is -4.74. The molecule has 0 unspecified atom stereocenters. The van der Waals surface area contributed by atoms with Crippen molar-refractivity contribution < 1.29 is 36.2 Å². The Morgan fingerprint density at radius 2 is 1.90 bits per heavy atom. The molecule has 4 nitrogen and oxygen atoms in total. The van der Waals surface area contributed by atoms with E-state index in [0.29, 0.717) is 17.5 Å². The van der Waals surface area contributed by atoms with Crippen LogP contribution in [0.2, 0.25) is 0 Å². The summed E-state index contributed by atoms with van der Waals surface area (Å²) in [6.45, 7) is 2.83. The van der Waals surface area contributed by atoms with E-state index in [2.05, 4.69) is 10.1 Å². The number of rotatable bonds is 6. The first-order chi connectivity index (χ1) is 13.6. The second-order valence-electron chi connectivity index (χ2n) is 6.21. The van der Waals surface area contributed by atoms with Crippen LogP contribution in [0, 0.1) is 6.92 Å². The van der Waals surface area contributed by atoms with Gasteiger partial charge in [0, 0.05) is 5.56 Å². The minimum Gasteiger partial charge on any atom is -0.488 e. The third-order valence-electron chi connectivity index (χ3n) is 4.36. The number of hydrogen-bond acceptors (Lipinski definition) is 3. The standard InChI is InChI=1S/C20H20F5NO3/c1-4-12-9-13(18(21)22)17(8-11(12)2)29-10-14-15(20(23,24)25)6-5-7-16(14)26-19(27)28-3/h5-9,18H,4,10H2,1-3H3,(H,26,27).